The topological polar surface area (TPSA) is 38.3 Å². The molecule has 0 aromatic heterocycles. The van der Waals surface area contributed by atoms with Crippen molar-refractivity contribution in [3.8, 4) is 5.75 Å². The predicted molar refractivity (Wildman–Crippen MR) is 93.6 cm³/mol. The van der Waals surface area contributed by atoms with Gasteiger partial charge in [-0.25, -0.2) is 0 Å². The molecule has 1 unspecified atom stereocenters. The van der Waals surface area contributed by atoms with Gasteiger partial charge in [-0.2, -0.15) is 0 Å². The van der Waals surface area contributed by atoms with Crippen LogP contribution in [0.3, 0.4) is 0 Å². The summed E-state index contributed by atoms with van der Waals surface area (Å²) in [5, 5.41) is 2.98. The smallest absolute Gasteiger partial charge is 0.261 e. The minimum atomic E-state index is -0.473. The molecule has 0 bridgehead atoms. The van der Waals surface area contributed by atoms with Gasteiger partial charge in [0.2, 0.25) is 0 Å². The number of benzene rings is 2. The normalized spacial score (nSPS) is 11.8. The van der Waals surface area contributed by atoms with Gasteiger partial charge in [-0.05, 0) is 55.5 Å². The maximum absolute atomic E-state index is 12.4. The third-order valence-corrected chi connectivity index (χ3v) is 4.20. The summed E-state index contributed by atoms with van der Waals surface area (Å²) in [4.78, 5) is 12.4. The fourth-order valence-electron chi connectivity index (χ4n) is 2.43. The summed E-state index contributed by atoms with van der Waals surface area (Å²) in [6, 6.07) is 14.0. The van der Waals surface area contributed by atoms with E-state index in [2.05, 4.69) is 5.32 Å². The van der Waals surface area contributed by atoms with Crippen molar-refractivity contribution in [2.45, 2.75) is 46.8 Å². The lowest BCUT2D eigenvalue weighted by atomic mass is 10.1. The first-order valence-electron chi connectivity index (χ1n) is 8.08. The Kier molecular flexibility index (Phi) is 5.80. The minimum Gasteiger partial charge on any atom is -0.480 e. The van der Waals surface area contributed by atoms with Crippen molar-refractivity contribution in [2.24, 2.45) is 0 Å². The predicted octanol–water partition coefficient (Wildman–Crippen LogP) is 4.09. The standard InChI is InChI=1S/C20H25NO2/c1-5-18(23-19-12-8-10-14(2)16(19)4)20(22)21-13-17-11-7-6-9-15(17)3/h6-12,18H,5,13H2,1-4H3,(H,21,22). The van der Waals surface area contributed by atoms with Gasteiger partial charge in [0.15, 0.2) is 6.10 Å². The first-order chi connectivity index (χ1) is 11.0. The highest BCUT2D eigenvalue weighted by atomic mass is 16.5. The number of aryl methyl sites for hydroxylation is 2. The molecule has 0 aliphatic carbocycles. The van der Waals surface area contributed by atoms with Crippen LogP contribution in [-0.4, -0.2) is 12.0 Å². The highest BCUT2D eigenvalue weighted by Crippen LogP contribution is 2.22. The summed E-state index contributed by atoms with van der Waals surface area (Å²) in [5.41, 5.74) is 4.55. The third kappa shape index (κ3) is 4.35. The Bertz CT molecular complexity index is 679. The van der Waals surface area contributed by atoms with Gasteiger partial charge in [-0.3, -0.25) is 4.79 Å². The minimum absolute atomic E-state index is 0.0725. The van der Waals surface area contributed by atoms with E-state index < -0.39 is 6.10 Å². The molecule has 2 aromatic rings. The summed E-state index contributed by atoms with van der Waals surface area (Å²) < 4.78 is 5.94. The lowest BCUT2D eigenvalue weighted by Crippen LogP contribution is -2.37. The maximum Gasteiger partial charge on any atom is 0.261 e. The first-order valence-corrected chi connectivity index (χ1v) is 8.08. The summed E-state index contributed by atoms with van der Waals surface area (Å²) in [6.07, 6.45) is 0.159. The molecule has 0 heterocycles. The van der Waals surface area contributed by atoms with Crippen LogP contribution in [-0.2, 0) is 11.3 Å². The van der Waals surface area contributed by atoms with E-state index in [4.69, 9.17) is 4.74 Å². The second-order valence-electron chi connectivity index (χ2n) is 5.86. The molecule has 2 rings (SSSR count). The van der Waals surface area contributed by atoms with Gasteiger partial charge < -0.3 is 10.1 Å². The number of rotatable bonds is 6. The molecule has 2 aromatic carbocycles. The van der Waals surface area contributed by atoms with E-state index in [1.807, 2.05) is 70.2 Å². The fraction of sp³-hybridized carbons (Fsp3) is 0.350. The molecule has 1 atom stereocenters. The Morgan fingerprint density at radius 1 is 1.04 bits per heavy atom. The van der Waals surface area contributed by atoms with Gasteiger partial charge in [-0.15, -0.1) is 0 Å². The molecule has 3 nitrogen and oxygen atoms in total. The Balaban J connectivity index is 2.01. The van der Waals surface area contributed by atoms with Gasteiger partial charge in [0.05, 0.1) is 0 Å². The van der Waals surface area contributed by atoms with Crippen molar-refractivity contribution >= 4 is 5.91 Å². The monoisotopic (exact) mass is 311 g/mol. The number of nitrogens with one attached hydrogen (secondary N) is 1. The zero-order chi connectivity index (χ0) is 16.8. The molecule has 1 amide bonds. The van der Waals surface area contributed by atoms with Crippen LogP contribution in [0.1, 0.15) is 35.6 Å². The zero-order valence-electron chi connectivity index (χ0n) is 14.3. The average Bonchev–Trinajstić information content (AvgIpc) is 2.55. The van der Waals surface area contributed by atoms with E-state index >= 15 is 0 Å². The molecule has 0 fully saturated rings. The van der Waals surface area contributed by atoms with Gasteiger partial charge in [0.1, 0.15) is 5.75 Å². The molecule has 0 radical (unpaired) electrons. The van der Waals surface area contributed by atoms with Crippen molar-refractivity contribution < 1.29 is 9.53 Å². The number of ether oxygens (including phenoxy) is 1. The molecule has 23 heavy (non-hydrogen) atoms. The highest BCUT2D eigenvalue weighted by Gasteiger charge is 2.19. The van der Waals surface area contributed by atoms with Crippen molar-refractivity contribution in [3.05, 3.63) is 64.7 Å². The highest BCUT2D eigenvalue weighted by molar-refractivity contribution is 5.81. The second kappa shape index (κ2) is 7.82. The summed E-state index contributed by atoms with van der Waals surface area (Å²) in [7, 11) is 0. The van der Waals surface area contributed by atoms with Crippen molar-refractivity contribution in [1.29, 1.82) is 0 Å². The zero-order valence-corrected chi connectivity index (χ0v) is 14.3. The second-order valence-corrected chi connectivity index (χ2v) is 5.86. The lowest BCUT2D eigenvalue weighted by molar-refractivity contribution is -0.128. The maximum atomic E-state index is 12.4. The van der Waals surface area contributed by atoms with Crippen LogP contribution in [0.5, 0.6) is 5.75 Å². The molecule has 0 aliphatic heterocycles. The number of hydrogen-bond donors (Lipinski definition) is 1. The first kappa shape index (κ1) is 17.1. The lowest BCUT2D eigenvalue weighted by Gasteiger charge is -2.19. The van der Waals surface area contributed by atoms with Crippen LogP contribution < -0.4 is 10.1 Å². The van der Waals surface area contributed by atoms with E-state index in [1.54, 1.807) is 0 Å². The van der Waals surface area contributed by atoms with Crippen LogP contribution in [0.15, 0.2) is 42.5 Å². The van der Waals surface area contributed by atoms with Crippen LogP contribution in [0.4, 0.5) is 0 Å². The molecule has 1 N–H and O–H groups in total. The van der Waals surface area contributed by atoms with Crippen molar-refractivity contribution in [1.82, 2.24) is 5.32 Å². The van der Waals surface area contributed by atoms with Crippen molar-refractivity contribution in [2.75, 3.05) is 0 Å². The van der Waals surface area contributed by atoms with Gasteiger partial charge in [0, 0.05) is 6.54 Å². The number of hydrogen-bond acceptors (Lipinski definition) is 2. The molecular formula is C20H25NO2. The Hall–Kier alpha value is -2.29. The fourth-order valence-corrected chi connectivity index (χ4v) is 2.43. The van der Waals surface area contributed by atoms with Gasteiger partial charge in [-0.1, -0.05) is 43.3 Å². The SMILES string of the molecule is CCC(Oc1cccc(C)c1C)C(=O)NCc1ccccc1C. The quantitative estimate of drug-likeness (QED) is 0.872. The van der Waals surface area contributed by atoms with Gasteiger partial charge in [0.25, 0.3) is 5.91 Å². The average molecular weight is 311 g/mol. The summed E-state index contributed by atoms with van der Waals surface area (Å²) in [6.45, 7) is 8.59. The molecule has 3 heteroatoms. The van der Waals surface area contributed by atoms with Crippen LogP contribution >= 0.6 is 0 Å². The van der Waals surface area contributed by atoms with Gasteiger partial charge >= 0.3 is 0 Å². The van der Waals surface area contributed by atoms with E-state index in [0.29, 0.717) is 13.0 Å². The molecule has 0 spiro atoms. The van der Waals surface area contributed by atoms with E-state index in [0.717, 1.165) is 22.4 Å². The molecule has 0 saturated carbocycles. The number of carbonyl (C=O) groups excluding carboxylic acids is 1. The molecule has 0 aliphatic rings. The van der Waals surface area contributed by atoms with Crippen molar-refractivity contribution in [3.63, 3.8) is 0 Å². The van der Waals surface area contributed by atoms with E-state index in [1.165, 1.54) is 5.56 Å². The largest absolute Gasteiger partial charge is 0.480 e. The third-order valence-electron chi connectivity index (χ3n) is 4.20. The summed E-state index contributed by atoms with van der Waals surface area (Å²) in [5.74, 6) is 0.708. The number of carbonyl (C=O) groups is 1. The summed E-state index contributed by atoms with van der Waals surface area (Å²) >= 11 is 0. The number of amides is 1. The van der Waals surface area contributed by atoms with E-state index in [-0.39, 0.29) is 5.91 Å². The Morgan fingerprint density at radius 3 is 2.43 bits per heavy atom. The van der Waals surface area contributed by atoms with Crippen LogP contribution in [0, 0.1) is 20.8 Å². The Labute approximate surface area is 138 Å². The molecule has 122 valence electrons. The van der Waals surface area contributed by atoms with Crippen LogP contribution in [0.25, 0.3) is 0 Å². The van der Waals surface area contributed by atoms with Crippen LogP contribution in [0.2, 0.25) is 0 Å². The molecule has 0 saturated heterocycles. The molecular weight excluding hydrogens is 286 g/mol. The van der Waals surface area contributed by atoms with E-state index in [9.17, 15) is 4.79 Å². The Morgan fingerprint density at radius 2 is 1.74 bits per heavy atom.